The number of aromatic nitrogens is 2. The van der Waals surface area contributed by atoms with Crippen molar-refractivity contribution in [2.45, 2.75) is 44.8 Å². The van der Waals surface area contributed by atoms with Crippen LogP contribution in [0.1, 0.15) is 31.4 Å². The fourth-order valence-corrected chi connectivity index (χ4v) is 2.50. The Labute approximate surface area is 124 Å². The standard InChI is InChI=1S/C16H21N3O2/c1-21-16(20)7-4-10-19-15-6-3-2-5-13(15)14(18-19)11-17-12-8-9-12/h2-3,5-6,12,17H,4,7-11H2,1H3. The highest BCUT2D eigenvalue weighted by Crippen LogP contribution is 2.22. The van der Waals surface area contributed by atoms with Gasteiger partial charge in [-0.2, -0.15) is 5.10 Å². The third-order valence-corrected chi connectivity index (χ3v) is 3.85. The molecule has 1 N–H and O–H groups in total. The highest BCUT2D eigenvalue weighted by atomic mass is 16.5. The van der Waals surface area contributed by atoms with Crippen LogP contribution < -0.4 is 5.32 Å². The molecular weight excluding hydrogens is 266 g/mol. The summed E-state index contributed by atoms with van der Waals surface area (Å²) < 4.78 is 6.68. The van der Waals surface area contributed by atoms with Crippen molar-refractivity contribution in [3.63, 3.8) is 0 Å². The topological polar surface area (TPSA) is 56.2 Å². The summed E-state index contributed by atoms with van der Waals surface area (Å²) in [5.74, 6) is -0.165. The third kappa shape index (κ3) is 3.42. The van der Waals surface area contributed by atoms with E-state index in [1.807, 2.05) is 16.8 Å². The summed E-state index contributed by atoms with van der Waals surface area (Å²) in [6.07, 6.45) is 3.73. The lowest BCUT2D eigenvalue weighted by molar-refractivity contribution is -0.140. The summed E-state index contributed by atoms with van der Waals surface area (Å²) in [6.45, 7) is 1.55. The molecule has 0 amide bonds. The van der Waals surface area contributed by atoms with E-state index in [-0.39, 0.29) is 5.97 Å². The van der Waals surface area contributed by atoms with E-state index in [0.717, 1.165) is 30.7 Å². The molecule has 0 atom stereocenters. The smallest absolute Gasteiger partial charge is 0.305 e. The van der Waals surface area contributed by atoms with E-state index in [0.29, 0.717) is 12.5 Å². The van der Waals surface area contributed by atoms with Gasteiger partial charge in [0.1, 0.15) is 0 Å². The Morgan fingerprint density at radius 1 is 1.43 bits per heavy atom. The van der Waals surface area contributed by atoms with Gasteiger partial charge in [0.25, 0.3) is 0 Å². The molecule has 1 aliphatic rings. The second-order valence-corrected chi connectivity index (χ2v) is 5.52. The maximum Gasteiger partial charge on any atom is 0.305 e. The van der Waals surface area contributed by atoms with Gasteiger partial charge in [-0.25, -0.2) is 0 Å². The summed E-state index contributed by atoms with van der Waals surface area (Å²) in [5.41, 5.74) is 2.23. The van der Waals surface area contributed by atoms with E-state index in [9.17, 15) is 4.79 Å². The molecule has 1 heterocycles. The number of benzene rings is 1. The zero-order valence-corrected chi connectivity index (χ0v) is 12.3. The van der Waals surface area contributed by atoms with Gasteiger partial charge in [0.05, 0.1) is 18.3 Å². The predicted octanol–water partition coefficient (Wildman–Crippen LogP) is 2.24. The molecule has 1 aromatic heterocycles. The van der Waals surface area contributed by atoms with Crippen LogP contribution in [0.5, 0.6) is 0 Å². The molecule has 5 heteroatoms. The van der Waals surface area contributed by atoms with E-state index >= 15 is 0 Å². The summed E-state index contributed by atoms with van der Waals surface area (Å²) in [5, 5.41) is 9.42. The lowest BCUT2D eigenvalue weighted by Crippen LogP contribution is -2.16. The number of fused-ring (bicyclic) bond motifs is 1. The molecule has 1 fully saturated rings. The fourth-order valence-electron chi connectivity index (χ4n) is 2.50. The first kappa shape index (κ1) is 14.1. The molecule has 1 aliphatic carbocycles. The number of hydrogen-bond acceptors (Lipinski definition) is 4. The molecule has 2 aromatic rings. The maximum atomic E-state index is 11.2. The number of carbonyl (C=O) groups is 1. The average Bonchev–Trinajstić information content (AvgIpc) is 3.28. The van der Waals surface area contributed by atoms with Crippen LogP contribution in [0.2, 0.25) is 0 Å². The number of carbonyl (C=O) groups excluding carboxylic acids is 1. The van der Waals surface area contributed by atoms with Crippen molar-refractivity contribution in [2.24, 2.45) is 0 Å². The number of ether oxygens (including phenoxy) is 1. The molecule has 0 spiro atoms. The van der Waals surface area contributed by atoms with Gasteiger partial charge in [-0.1, -0.05) is 18.2 Å². The minimum Gasteiger partial charge on any atom is -0.469 e. The molecule has 1 saturated carbocycles. The minimum atomic E-state index is -0.165. The van der Waals surface area contributed by atoms with Crippen LogP contribution in [-0.4, -0.2) is 28.9 Å². The van der Waals surface area contributed by atoms with Crippen molar-refractivity contribution in [2.75, 3.05) is 7.11 Å². The van der Waals surface area contributed by atoms with Gasteiger partial charge in [-0.15, -0.1) is 0 Å². The quantitative estimate of drug-likeness (QED) is 0.794. The minimum absolute atomic E-state index is 0.165. The van der Waals surface area contributed by atoms with E-state index in [2.05, 4.69) is 22.2 Å². The molecule has 1 aromatic carbocycles. The normalized spacial score (nSPS) is 14.5. The highest BCUT2D eigenvalue weighted by Gasteiger charge is 2.21. The Bertz CT molecular complexity index is 631. The average molecular weight is 287 g/mol. The Kier molecular flexibility index (Phi) is 4.20. The summed E-state index contributed by atoms with van der Waals surface area (Å²) in [4.78, 5) is 11.2. The second kappa shape index (κ2) is 6.26. The van der Waals surface area contributed by atoms with Gasteiger partial charge < -0.3 is 10.1 Å². The lowest BCUT2D eigenvalue weighted by atomic mass is 10.2. The first-order valence-electron chi connectivity index (χ1n) is 7.52. The number of rotatable bonds is 7. The summed E-state index contributed by atoms with van der Waals surface area (Å²) in [6, 6.07) is 8.94. The number of para-hydroxylation sites is 1. The molecular formula is C16H21N3O2. The SMILES string of the molecule is COC(=O)CCCn1nc(CNC2CC2)c2ccccc21. The molecule has 0 saturated heterocycles. The Morgan fingerprint density at radius 3 is 3.00 bits per heavy atom. The highest BCUT2D eigenvalue weighted by molar-refractivity contribution is 5.81. The van der Waals surface area contributed by atoms with E-state index in [4.69, 9.17) is 5.10 Å². The van der Waals surface area contributed by atoms with Crippen molar-refractivity contribution in [1.82, 2.24) is 15.1 Å². The van der Waals surface area contributed by atoms with Crippen LogP contribution in [0.4, 0.5) is 0 Å². The zero-order valence-electron chi connectivity index (χ0n) is 12.3. The molecule has 3 rings (SSSR count). The Balaban J connectivity index is 1.72. The number of nitrogens with one attached hydrogen (secondary N) is 1. The predicted molar refractivity (Wildman–Crippen MR) is 80.8 cm³/mol. The molecule has 0 unspecified atom stereocenters. The third-order valence-electron chi connectivity index (χ3n) is 3.85. The number of aryl methyl sites for hydroxylation is 1. The number of nitrogens with zero attached hydrogens (tertiary/aromatic N) is 2. The Morgan fingerprint density at radius 2 is 2.24 bits per heavy atom. The van der Waals surface area contributed by atoms with Crippen molar-refractivity contribution in [3.8, 4) is 0 Å². The van der Waals surface area contributed by atoms with Crippen LogP contribution >= 0.6 is 0 Å². The summed E-state index contributed by atoms with van der Waals surface area (Å²) in [7, 11) is 1.42. The van der Waals surface area contributed by atoms with Gasteiger partial charge in [-0.3, -0.25) is 9.48 Å². The van der Waals surface area contributed by atoms with Crippen LogP contribution in [-0.2, 0) is 22.6 Å². The first-order valence-corrected chi connectivity index (χ1v) is 7.52. The fraction of sp³-hybridized carbons (Fsp3) is 0.500. The van der Waals surface area contributed by atoms with Gasteiger partial charge >= 0.3 is 5.97 Å². The van der Waals surface area contributed by atoms with Crippen LogP contribution in [0.25, 0.3) is 10.9 Å². The van der Waals surface area contributed by atoms with Crippen LogP contribution in [0.15, 0.2) is 24.3 Å². The van der Waals surface area contributed by atoms with Gasteiger partial charge in [0.15, 0.2) is 0 Å². The van der Waals surface area contributed by atoms with Crippen molar-refractivity contribution >= 4 is 16.9 Å². The number of hydrogen-bond donors (Lipinski definition) is 1. The van der Waals surface area contributed by atoms with E-state index < -0.39 is 0 Å². The van der Waals surface area contributed by atoms with Gasteiger partial charge in [0, 0.05) is 30.9 Å². The largest absolute Gasteiger partial charge is 0.469 e. The van der Waals surface area contributed by atoms with Crippen molar-refractivity contribution in [3.05, 3.63) is 30.0 Å². The monoisotopic (exact) mass is 287 g/mol. The van der Waals surface area contributed by atoms with Gasteiger partial charge in [0.2, 0.25) is 0 Å². The number of esters is 1. The Hall–Kier alpha value is -1.88. The second-order valence-electron chi connectivity index (χ2n) is 5.52. The van der Waals surface area contributed by atoms with E-state index in [1.54, 1.807) is 0 Å². The van der Waals surface area contributed by atoms with Crippen molar-refractivity contribution in [1.29, 1.82) is 0 Å². The molecule has 0 bridgehead atoms. The van der Waals surface area contributed by atoms with Gasteiger partial charge in [-0.05, 0) is 25.3 Å². The van der Waals surface area contributed by atoms with E-state index in [1.165, 1.54) is 25.3 Å². The van der Waals surface area contributed by atoms with Crippen molar-refractivity contribution < 1.29 is 9.53 Å². The summed E-state index contributed by atoms with van der Waals surface area (Å²) >= 11 is 0. The maximum absolute atomic E-state index is 11.2. The molecule has 0 radical (unpaired) electrons. The molecule has 0 aliphatic heterocycles. The molecule has 5 nitrogen and oxygen atoms in total. The molecule has 112 valence electrons. The molecule has 21 heavy (non-hydrogen) atoms. The number of methoxy groups -OCH3 is 1. The first-order chi connectivity index (χ1) is 10.3. The van der Waals surface area contributed by atoms with Crippen LogP contribution in [0, 0.1) is 0 Å². The zero-order chi connectivity index (χ0) is 14.7. The van der Waals surface area contributed by atoms with Crippen LogP contribution in [0.3, 0.4) is 0 Å². The lowest BCUT2D eigenvalue weighted by Gasteiger charge is -2.02.